The Labute approximate surface area is 151 Å². The first-order chi connectivity index (χ1) is 12.4. The molecule has 0 heterocycles. The van der Waals surface area contributed by atoms with Crippen LogP contribution in [0.25, 0.3) is 0 Å². The summed E-state index contributed by atoms with van der Waals surface area (Å²) >= 11 is 0. The Morgan fingerprint density at radius 2 is 1.77 bits per heavy atom. The normalized spacial score (nSPS) is 9.96. The molecule has 7 nitrogen and oxygen atoms in total. The molecule has 0 atom stereocenters. The van der Waals surface area contributed by atoms with Crippen LogP contribution in [-0.4, -0.2) is 45.6 Å². The van der Waals surface area contributed by atoms with Crippen molar-refractivity contribution in [1.29, 1.82) is 0 Å². The molecule has 0 aromatic heterocycles. The van der Waals surface area contributed by atoms with E-state index < -0.39 is 24.4 Å². The Bertz CT molecular complexity index is 817. The highest BCUT2D eigenvalue weighted by Crippen LogP contribution is 2.17. The number of para-hydroxylation sites is 1. The van der Waals surface area contributed by atoms with E-state index in [1.165, 1.54) is 13.2 Å². The maximum absolute atomic E-state index is 12.1. The Hall–Kier alpha value is -3.35. The molecule has 2 aromatic rings. The summed E-state index contributed by atoms with van der Waals surface area (Å²) < 4.78 is 10.0. The number of anilines is 1. The van der Waals surface area contributed by atoms with Crippen LogP contribution in [0.5, 0.6) is 5.75 Å². The summed E-state index contributed by atoms with van der Waals surface area (Å²) in [5.41, 5.74) is 1.36. The van der Waals surface area contributed by atoms with Crippen LogP contribution in [-0.2, 0) is 9.53 Å². The van der Waals surface area contributed by atoms with E-state index >= 15 is 0 Å². The number of imide groups is 1. The molecule has 26 heavy (non-hydrogen) atoms. The molecule has 0 radical (unpaired) electrons. The molecular weight excluding hydrogens is 336 g/mol. The van der Waals surface area contributed by atoms with Gasteiger partial charge in [0.25, 0.3) is 11.8 Å². The van der Waals surface area contributed by atoms with E-state index in [1.54, 1.807) is 36.4 Å². The number of methoxy groups -OCH3 is 1. The second-order valence-corrected chi connectivity index (χ2v) is 5.60. The Kier molecular flexibility index (Phi) is 6.32. The molecule has 0 aliphatic heterocycles. The minimum Gasteiger partial charge on any atom is -0.496 e. The number of nitrogens with one attached hydrogen (secondary N) is 1. The van der Waals surface area contributed by atoms with Crippen molar-refractivity contribution in [2.24, 2.45) is 0 Å². The minimum absolute atomic E-state index is 0.216. The van der Waals surface area contributed by atoms with Gasteiger partial charge >= 0.3 is 5.97 Å². The summed E-state index contributed by atoms with van der Waals surface area (Å²) in [4.78, 5) is 37.9. The van der Waals surface area contributed by atoms with Crippen molar-refractivity contribution in [1.82, 2.24) is 5.32 Å². The molecule has 0 unspecified atom stereocenters. The lowest BCUT2D eigenvalue weighted by Crippen LogP contribution is -2.34. The molecule has 0 fully saturated rings. The van der Waals surface area contributed by atoms with Crippen LogP contribution in [0.4, 0.5) is 5.69 Å². The molecule has 2 amide bonds. The van der Waals surface area contributed by atoms with Crippen molar-refractivity contribution in [2.45, 2.75) is 0 Å². The highest BCUT2D eigenvalue weighted by atomic mass is 16.5. The zero-order valence-electron chi connectivity index (χ0n) is 14.8. The van der Waals surface area contributed by atoms with Gasteiger partial charge in [0.1, 0.15) is 5.75 Å². The lowest BCUT2D eigenvalue weighted by atomic mass is 10.2. The monoisotopic (exact) mass is 356 g/mol. The summed E-state index contributed by atoms with van der Waals surface area (Å²) in [6.45, 7) is -0.564. The van der Waals surface area contributed by atoms with Gasteiger partial charge < -0.3 is 14.4 Å². The number of rotatable bonds is 6. The maximum Gasteiger partial charge on any atom is 0.338 e. The number of hydrogen-bond donors (Lipinski definition) is 1. The third-order valence-corrected chi connectivity index (χ3v) is 3.54. The summed E-state index contributed by atoms with van der Waals surface area (Å²) in [6.07, 6.45) is 0. The van der Waals surface area contributed by atoms with E-state index in [2.05, 4.69) is 5.32 Å². The van der Waals surface area contributed by atoms with Gasteiger partial charge in [-0.15, -0.1) is 0 Å². The second kappa shape index (κ2) is 8.66. The molecule has 2 aromatic carbocycles. The van der Waals surface area contributed by atoms with Crippen molar-refractivity contribution < 1.29 is 23.9 Å². The van der Waals surface area contributed by atoms with Crippen LogP contribution in [0.2, 0.25) is 0 Å². The zero-order valence-corrected chi connectivity index (χ0v) is 14.8. The SMILES string of the molecule is COc1ccccc1C(=O)NC(=O)COC(=O)c1cccc(N(C)C)c1. The molecule has 2 rings (SSSR count). The molecule has 136 valence electrons. The number of carbonyl (C=O) groups is 3. The van der Waals surface area contributed by atoms with Gasteiger partial charge in [-0.25, -0.2) is 4.79 Å². The van der Waals surface area contributed by atoms with Gasteiger partial charge in [-0.05, 0) is 30.3 Å². The van der Waals surface area contributed by atoms with E-state index in [0.717, 1.165) is 5.69 Å². The molecule has 0 aliphatic rings. The van der Waals surface area contributed by atoms with Crippen molar-refractivity contribution >= 4 is 23.5 Å². The number of esters is 1. The van der Waals surface area contributed by atoms with Crippen LogP contribution >= 0.6 is 0 Å². The molecule has 0 saturated carbocycles. The zero-order chi connectivity index (χ0) is 19.1. The van der Waals surface area contributed by atoms with Crippen LogP contribution in [0.3, 0.4) is 0 Å². The molecule has 0 spiro atoms. The quantitative estimate of drug-likeness (QED) is 0.796. The van der Waals surface area contributed by atoms with E-state index in [9.17, 15) is 14.4 Å². The fourth-order valence-corrected chi connectivity index (χ4v) is 2.19. The highest BCUT2D eigenvalue weighted by Gasteiger charge is 2.16. The van der Waals surface area contributed by atoms with Crippen molar-refractivity contribution in [3.63, 3.8) is 0 Å². The standard InChI is InChI=1S/C19H20N2O5/c1-21(2)14-8-6-7-13(11-14)19(24)26-12-17(22)20-18(23)15-9-4-5-10-16(15)25-3/h4-11H,12H2,1-3H3,(H,20,22,23). The summed E-state index contributed by atoms with van der Waals surface area (Å²) in [6, 6.07) is 13.3. The number of benzene rings is 2. The summed E-state index contributed by atoms with van der Waals surface area (Å²) in [7, 11) is 5.13. The largest absolute Gasteiger partial charge is 0.496 e. The van der Waals surface area contributed by atoms with E-state index in [4.69, 9.17) is 9.47 Å². The summed E-state index contributed by atoms with van der Waals surface area (Å²) in [5.74, 6) is -1.65. The molecule has 0 bridgehead atoms. The van der Waals surface area contributed by atoms with Crippen LogP contribution < -0.4 is 15.0 Å². The molecule has 0 saturated heterocycles. The average Bonchev–Trinajstić information content (AvgIpc) is 2.66. The van der Waals surface area contributed by atoms with E-state index in [-0.39, 0.29) is 5.56 Å². The predicted octanol–water partition coefficient (Wildman–Crippen LogP) is 1.87. The third-order valence-electron chi connectivity index (χ3n) is 3.54. The number of carbonyl (C=O) groups excluding carboxylic acids is 3. The number of amides is 2. The van der Waals surface area contributed by atoms with Crippen LogP contribution in [0.15, 0.2) is 48.5 Å². The first-order valence-corrected chi connectivity index (χ1v) is 7.84. The van der Waals surface area contributed by atoms with Crippen molar-refractivity contribution in [3.05, 3.63) is 59.7 Å². The van der Waals surface area contributed by atoms with Gasteiger partial charge in [0.15, 0.2) is 6.61 Å². The topological polar surface area (TPSA) is 84.9 Å². The molecule has 7 heteroatoms. The van der Waals surface area contributed by atoms with Gasteiger partial charge in [0.05, 0.1) is 18.2 Å². The average molecular weight is 356 g/mol. The Morgan fingerprint density at radius 1 is 1.04 bits per heavy atom. The number of hydrogen-bond acceptors (Lipinski definition) is 6. The fraction of sp³-hybridized carbons (Fsp3) is 0.211. The Balaban J connectivity index is 1.93. The smallest absolute Gasteiger partial charge is 0.338 e. The van der Waals surface area contributed by atoms with Gasteiger partial charge in [0, 0.05) is 19.8 Å². The van der Waals surface area contributed by atoms with Gasteiger partial charge in [-0.3, -0.25) is 14.9 Å². The first kappa shape index (κ1) is 19.0. The lowest BCUT2D eigenvalue weighted by Gasteiger charge is -2.13. The van der Waals surface area contributed by atoms with Gasteiger partial charge in [-0.1, -0.05) is 18.2 Å². The van der Waals surface area contributed by atoms with Crippen LogP contribution in [0.1, 0.15) is 20.7 Å². The van der Waals surface area contributed by atoms with Gasteiger partial charge in [0.2, 0.25) is 0 Å². The highest BCUT2D eigenvalue weighted by molar-refractivity contribution is 6.07. The van der Waals surface area contributed by atoms with Crippen LogP contribution in [0, 0.1) is 0 Å². The van der Waals surface area contributed by atoms with E-state index in [1.807, 2.05) is 25.1 Å². The first-order valence-electron chi connectivity index (χ1n) is 7.84. The molecule has 1 N–H and O–H groups in total. The number of ether oxygens (including phenoxy) is 2. The maximum atomic E-state index is 12.1. The predicted molar refractivity (Wildman–Crippen MR) is 96.5 cm³/mol. The summed E-state index contributed by atoms with van der Waals surface area (Å²) in [5, 5.41) is 2.16. The Morgan fingerprint density at radius 3 is 2.46 bits per heavy atom. The lowest BCUT2D eigenvalue weighted by molar-refractivity contribution is -0.123. The third kappa shape index (κ3) is 4.83. The fourth-order valence-electron chi connectivity index (χ4n) is 2.19. The van der Waals surface area contributed by atoms with E-state index in [0.29, 0.717) is 11.3 Å². The van der Waals surface area contributed by atoms with Gasteiger partial charge in [-0.2, -0.15) is 0 Å². The molecule has 0 aliphatic carbocycles. The second-order valence-electron chi connectivity index (χ2n) is 5.60. The minimum atomic E-state index is -0.724. The van der Waals surface area contributed by atoms with Crippen molar-refractivity contribution in [2.75, 3.05) is 32.7 Å². The molecular formula is C19H20N2O5. The number of nitrogens with zero attached hydrogens (tertiary/aromatic N) is 1. The van der Waals surface area contributed by atoms with Crippen molar-refractivity contribution in [3.8, 4) is 5.75 Å².